The normalized spacial score (nSPS) is 11.4. The molecule has 0 saturated carbocycles. The van der Waals surface area contributed by atoms with Crippen LogP contribution in [0.25, 0.3) is 22.7 Å². The van der Waals surface area contributed by atoms with Crippen LogP contribution >= 0.6 is 0 Å². The first-order chi connectivity index (χ1) is 15.1. The van der Waals surface area contributed by atoms with E-state index in [1.807, 2.05) is 30.3 Å². The zero-order valence-electron chi connectivity index (χ0n) is 16.7. The molecule has 0 spiro atoms. The largest absolute Gasteiger partial charge is 0.355 e. The summed E-state index contributed by atoms with van der Waals surface area (Å²) in [7, 11) is 0. The zero-order valence-corrected chi connectivity index (χ0v) is 16.7. The number of oxime groups is 1. The van der Waals surface area contributed by atoms with Crippen molar-refractivity contribution in [3.05, 3.63) is 108 Å². The molecule has 0 aliphatic rings. The van der Waals surface area contributed by atoms with E-state index in [0.717, 1.165) is 5.56 Å². The fourth-order valence-corrected chi connectivity index (χ4v) is 3.09. The van der Waals surface area contributed by atoms with Crippen LogP contribution in [0.5, 0.6) is 0 Å². The van der Waals surface area contributed by atoms with Crippen LogP contribution in [0.15, 0.2) is 90.6 Å². The Kier molecular flexibility index (Phi) is 5.66. The Balaban J connectivity index is 1.73. The Hall–Kier alpha value is -4.13. The van der Waals surface area contributed by atoms with Gasteiger partial charge in [0, 0.05) is 11.1 Å². The third kappa shape index (κ3) is 4.11. The molecule has 0 atom stereocenters. The monoisotopic (exact) mass is 416 g/mol. The minimum atomic E-state index is -0.448. The van der Waals surface area contributed by atoms with Gasteiger partial charge in [0.15, 0.2) is 11.5 Å². The molecule has 0 radical (unpaired) electrons. The van der Waals surface area contributed by atoms with Crippen molar-refractivity contribution in [2.24, 2.45) is 5.16 Å². The summed E-state index contributed by atoms with van der Waals surface area (Å²) in [6.07, 6.45) is 0. The number of aromatic nitrogens is 3. The minimum absolute atomic E-state index is 0.0946. The predicted molar refractivity (Wildman–Crippen MR) is 115 cm³/mol. The summed E-state index contributed by atoms with van der Waals surface area (Å²) >= 11 is 0. The quantitative estimate of drug-likeness (QED) is 0.233. The average Bonchev–Trinajstić information content (AvgIpc) is 3.23. The lowest BCUT2D eigenvalue weighted by molar-refractivity contribution is 0.297. The lowest BCUT2D eigenvalue weighted by atomic mass is 10.1. The van der Waals surface area contributed by atoms with Gasteiger partial charge in [-0.25, -0.2) is 13.5 Å². The molecule has 0 N–H and O–H groups in total. The first-order valence-electron chi connectivity index (χ1n) is 9.48. The molecule has 0 fully saturated rings. The Morgan fingerprint density at radius 3 is 2.26 bits per heavy atom. The summed E-state index contributed by atoms with van der Waals surface area (Å²) in [5.74, 6) is -0.762. The van der Waals surface area contributed by atoms with E-state index in [-0.39, 0.29) is 11.4 Å². The van der Waals surface area contributed by atoms with Crippen molar-refractivity contribution in [3.8, 4) is 16.9 Å². The molecule has 0 aliphatic carbocycles. The van der Waals surface area contributed by atoms with Crippen LogP contribution in [-0.4, -0.2) is 20.7 Å². The summed E-state index contributed by atoms with van der Waals surface area (Å²) in [5.41, 5.74) is 2.41. The van der Waals surface area contributed by atoms with E-state index in [2.05, 4.69) is 22.0 Å². The van der Waals surface area contributed by atoms with Crippen molar-refractivity contribution < 1.29 is 13.6 Å². The number of nitrogens with zero attached hydrogens (tertiary/aromatic N) is 4. The van der Waals surface area contributed by atoms with Crippen molar-refractivity contribution in [2.75, 3.05) is 0 Å². The topological polar surface area (TPSA) is 52.3 Å². The molecule has 7 heteroatoms. The van der Waals surface area contributed by atoms with Crippen LogP contribution in [0, 0.1) is 11.6 Å². The Morgan fingerprint density at radius 1 is 0.903 bits per heavy atom. The van der Waals surface area contributed by atoms with Gasteiger partial charge >= 0.3 is 0 Å². The second kappa shape index (κ2) is 8.71. The molecule has 3 aromatic carbocycles. The van der Waals surface area contributed by atoms with Gasteiger partial charge in [-0.15, -0.1) is 5.10 Å². The van der Waals surface area contributed by atoms with Gasteiger partial charge in [-0.05, 0) is 25.1 Å². The smallest absolute Gasteiger partial charge is 0.180 e. The maximum absolute atomic E-state index is 14.5. The standard InChI is InChI=1S/C24H18F2N4O/c1-16(19-12-6-7-13-20(19)25)28-31-17(2)23-24(18-10-4-3-5-11-18)30(29-27-23)22-15-9-8-14-21(22)26/h3-15H,2H2,1H3/b28-16+. The van der Waals surface area contributed by atoms with E-state index in [4.69, 9.17) is 4.84 Å². The molecule has 1 aromatic heterocycles. The van der Waals surface area contributed by atoms with Crippen LogP contribution < -0.4 is 0 Å². The molecule has 5 nitrogen and oxygen atoms in total. The second-order valence-corrected chi connectivity index (χ2v) is 6.69. The van der Waals surface area contributed by atoms with Gasteiger partial charge in [0.25, 0.3) is 0 Å². The van der Waals surface area contributed by atoms with Crippen molar-refractivity contribution >= 4 is 11.5 Å². The SMILES string of the molecule is C=C(O/N=C(\C)c1ccccc1F)c1nnn(-c2ccccc2F)c1-c1ccccc1. The lowest BCUT2D eigenvalue weighted by Crippen LogP contribution is -2.03. The molecule has 4 aromatic rings. The van der Waals surface area contributed by atoms with Crippen LogP contribution in [0.2, 0.25) is 0 Å². The highest BCUT2D eigenvalue weighted by atomic mass is 19.1. The molecule has 154 valence electrons. The lowest BCUT2D eigenvalue weighted by Gasteiger charge is -2.10. The number of halogens is 2. The first kappa shape index (κ1) is 20.2. The Morgan fingerprint density at radius 2 is 1.55 bits per heavy atom. The van der Waals surface area contributed by atoms with Crippen molar-refractivity contribution in [3.63, 3.8) is 0 Å². The Labute approximate surface area is 177 Å². The van der Waals surface area contributed by atoms with Gasteiger partial charge in [-0.3, -0.25) is 0 Å². The van der Waals surface area contributed by atoms with E-state index in [0.29, 0.717) is 22.7 Å². The van der Waals surface area contributed by atoms with Crippen LogP contribution in [0.1, 0.15) is 18.2 Å². The minimum Gasteiger partial charge on any atom is -0.355 e. The summed E-state index contributed by atoms with van der Waals surface area (Å²) in [4.78, 5) is 5.46. The summed E-state index contributed by atoms with van der Waals surface area (Å²) in [5, 5.41) is 12.3. The van der Waals surface area contributed by atoms with E-state index in [1.54, 1.807) is 43.3 Å². The third-order valence-electron chi connectivity index (χ3n) is 4.62. The Bertz CT molecular complexity index is 1270. The highest BCUT2D eigenvalue weighted by Crippen LogP contribution is 2.30. The number of benzene rings is 3. The van der Waals surface area contributed by atoms with Crippen LogP contribution in [0.4, 0.5) is 8.78 Å². The van der Waals surface area contributed by atoms with Gasteiger partial charge in [-0.1, -0.05) is 77.6 Å². The summed E-state index contributed by atoms with van der Waals surface area (Å²) in [6, 6.07) is 21.8. The van der Waals surface area contributed by atoms with Crippen molar-refractivity contribution in [1.29, 1.82) is 0 Å². The van der Waals surface area contributed by atoms with Crippen LogP contribution in [-0.2, 0) is 4.84 Å². The fourth-order valence-electron chi connectivity index (χ4n) is 3.09. The van der Waals surface area contributed by atoms with Gasteiger partial charge in [0.2, 0.25) is 0 Å². The maximum atomic E-state index is 14.5. The maximum Gasteiger partial charge on any atom is 0.180 e. The molecule has 0 bridgehead atoms. The van der Waals surface area contributed by atoms with Gasteiger partial charge in [0.05, 0.1) is 5.71 Å². The van der Waals surface area contributed by atoms with E-state index < -0.39 is 11.6 Å². The molecule has 0 saturated heterocycles. The first-order valence-corrected chi connectivity index (χ1v) is 9.48. The van der Waals surface area contributed by atoms with Gasteiger partial charge in [0.1, 0.15) is 23.0 Å². The van der Waals surface area contributed by atoms with Gasteiger partial charge in [-0.2, -0.15) is 0 Å². The molecule has 0 amide bonds. The number of para-hydroxylation sites is 1. The highest BCUT2D eigenvalue weighted by Gasteiger charge is 2.21. The van der Waals surface area contributed by atoms with E-state index >= 15 is 0 Å². The molecular formula is C24H18F2N4O. The highest BCUT2D eigenvalue weighted by molar-refractivity contribution is 5.98. The average molecular weight is 416 g/mol. The van der Waals surface area contributed by atoms with E-state index in [1.165, 1.54) is 16.8 Å². The van der Waals surface area contributed by atoms with Gasteiger partial charge < -0.3 is 4.84 Å². The second-order valence-electron chi connectivity index (χ2n) is 6.69. The van der Waals surface area contributed by atoms with Crippen molar-refractivity contribution in [1.82, 2.24) is 15.0 Å². The van der Waals surface area contributed by atoms with Crippen molar-refractivity contribution in [2.45, 2.75) is 6.92 Å². The number of rotatable bonds is 6. The molecular weight excluding hydrogens is 398 g/mol. The number of hydrogen-bond donors (Lipinski definition) is 0. The number of hydrogen-bond acceptors (Lipinski definition) is 4. The molecule has 0 unspecified atom stereocenters. The summed E-state index contributed by atoms with van der Waals surface area (Å²) in [6.45, 7) is 5.52. The van der Waals surface area contributed by atoms with E-state index in [9.17, 15) is 8.78 Å². The molecule has 4 rings (SSSR count). The zero-order chi connectivity index (χ0) is 21.8. The molecule has 31 heavy (non-hydrogen) atoms. The van der Waals surface area contributed by atoms with Crippen LogP contribution in [0.3, 0.4) is 0 Å². The predicted octanol–water partition coefficient (Wildman–Crippen LogP) is 5.62. The third-order valence-corrected chi connectivity index (χ3v) is 4.62. The fraction of sp³-hybridized carbons (Fsp3) is 0.0417. The molecule has 1 heterocycles. The molecule has 0 aliphatic heterocycles. The summed E-state index contributed by atoms with van der Waals surface area (Å²) < 4.78 is 29.8.